The molecular weight excluding hydrogens is 396 g/mol. The SMILES string of the molecule is CCCCCCCCCCCCCCCCCCc1cc(CBr)ccc1O. The maximum atomic E-state index is 9.94. The molecule has 1 nitrogen and oxygen atoms in total. The van der Waals surface area contributed by atoms with Gasteiger partial charge in [0.2, 0.25) is 0 Å². The van der Waals surface area contributed by atoms with Crippen molar-refractivity contribution in [2.24, 2.45) is 0 Å². The molecule has 0 amide bonds. The highest BCUT2D eigenvalue weighted by molar-refractivity contribution is 9.08. The van der Waals surface area contributed by atoms with Crippen molar-refractivity contribution in [3.63, 3.8) is 0 Å². The van der Waals surface area contributed by atoms with Crippen LogP contribution in [0.25, 0.3) is 0 Å². The summed E-state index contributed by atoms with van der Waals surface area (Å²) in [6.07, 6.45) is 23.4. The fourth-order valence-corrected chi connectivity index (χ4v) is 4.13. The summed E-state index contributed by atoms with van der Waals surface area (Å²) in [5.74, 6) is 0.459. The van der Waals surface area contributed by atoms with Gasteiger partial charge in [-0.2, -0.15) is 0 Å². The van der Waals surface area contributed by atoms with Crippen LogP contribution in [0.2, 0.25) is 0 Å². The van der Waals surface area contributed by atoms with Gasteiger partial charge in [0.1, 0.15) is 5.75 Å². The number of unbranched alkanes of at least 4 members (excludes halogenated alkanes) is 15. The number of hydrogen-bond acceptors (Lipinski definition) is 1. The van der Waals surface area contributed by atoms with E-state index >= 15 is 0 Å². The number of rotatable bonds is 18. The molecule has 0 spiro atoms. The lowest BCUT2D eigenvalue weighted by molar-refractivity contribution is 0.465. The highest BCUT2D eigenvalue weighted by Gasteiger charge is 2.02. The number of alkyl halides is 1. The molecule has 1 aromatic rings. The number of halogens is 1. The summed E-state index contributed by atoms with van der Waals surface area (Å²) in [7, 11) is 0. The Labute approximate surface area is 177 Å². The molecule has 0 atom stereocenters. The summed E-state index contributed by atoms with van der Waals surface area (Å²) in [4.78, 5) is 0. The Morgan fingerprint density at radius 1 is 0.667 bits per heavy atom. The molecule has 0 heterocycles. The number of hydrogen-bond donors (Lipinski definition) is 1. The Hall–Kier alpha value is -0.500. The van der Waals surface area contributed by atoms with Crippen molar-refractivity contribution < 1.29 is 5.11 Å². The first-order valence-corrected chi connectivity index (χ1v) is 12.8. The molecule has 0 unspecified atom stereocenters. The highest BCUT2D eigenvalue weighted by atomic mass is 79.9. The lowest BCUT2D eigenvalue weighted by Gasteiger charge is -2.07. The van der Waals surface area contributed by atoms with Crippen molar-refractivity contribution in [1.29, 1.82) is 0 Å². The average Bonchev–Trinajstić information content (AvgIpc) is 2.69. The van der Waals surface area contributed by atoms with Crippen LogP contribution in [0.5, 0.6) is 5.75 Å². The van der Waals surface area contributed by atoms with Gasteiger partial charge in [-0.25, -0.2) is 0 Å². The van der Waals surface area contributed by atoms with Gasteiger partial charge in [0.25, 0.3) is 0 Å². The zero-order valence-corrected chi connectivity index (χ0v) is 19.4. The van der Waals surface area contributed by atoms with Gasteiger partial charge < -0.3 is 5.11 Å². The van der Waals surface area contributed by atoms with Gasteiger partial charge in [0.15, 0.2) is 0 Å². The Bertz CT molecular complexity index is 458. The van der Waals surface area contributed by atoms with E-state index in [0.717, 1.165) is 17.3 Å². The lowest BCUT2D eigenvalue weighted by atomic mass is 10.0. The Kier molecular flexibility index (Phi) is 16.0. The minimum Gasteiger partial charge on any atom is -0.508 e. The quantitative estimate of drug-likeness (QED) is 0.179. The van der Waals surface area contributed by atoms with Gasteiger partial charge in [-0.15, -0.1) is 0 Å². The van der Waals surface area contributed by atoms with E-state index in [1.54, 1.807) is 0 Å². The number of phenols is 1. The van der Waals surface area contributed by atoms with Crippen LogP contribution in [-0.4, -0.2) is 5.11 Å². The van der Waals surface area contributed by atoms with E-state index in [4.69, 9.17) is 0 Å². The molecule has 0 aliphatic rings. The predicted octanol–water partition coefficient (Wildman–Crippen LogP) is 9.09. The van der Waals surface area contributed by atoms with Gasteiger partial charge >= 0.3 is 0 Å². The molecule has 0 radical (unpaired) electrons. The zero-order chi connectivity index (χ0) is 19.6. The highest BCUT2D eigenvalue weighted by Crippen LogP contribution is 2.22. The molecule has 1 rings (SSSR count). The molecular formula is C25H43BrO. The molecule has 1 aromatic carbocycles. The van der Waals surface area contributed by atoms with Crippen molar-refractivity contribution >= 4 is 15.9 Å². The van der Waals surface area contributed by atoms with Crippen LogP contribution in [-0.2, 0) is 11.8 Å². The molecule has 156 valence electrons. The monoisotopic (exact) mass is 438 g/mol. The number of aryl methyl sites for hydroxylation is 1. The van der Waals surface area contributed by atoms with Gasteiger partial charge in [0, 0.05) is 5.33 Å². The normalized spacial score (nSPS) is 11.2. The van der Waals surface area contributed by atoms with E-state index in [1.807, 2.05) is 12.1 Å². The van der Waals surface area contributed by atoms with E-state index in [-0.39, 0.29) is 0 Å². The summed E-state index contributed by atoms with van der Waals surface area (Å²) >= 11 is 3.49. The van der Waals surface area contributed by atoms with Crippen LogP contribution in [0.4, 0.5) is 0 Å². The van der Waals surface area contributed by atoms with Crippen LogP contribution in [0.3, 0.4) is 0 Å². The first kappa shape index (κ1) is 24.5. The van der Waals surface area contributed by atoms with E-state index in [0.29, 0.717) is 5.75 Å². The second-order valence-electron chi connectivity index (χ2n) is 8.15. The molecule has 27 heavy (non-hydrogen) atoms. The zero-order valence-electron chi connectivity index (χ0n) is 17.8. The molecule has 0 bridgehead atoms. The summed E-state index contributed by atoms with van der Waals surface area (Å²) in [6, 6.07) is 5.95. The summed E-state index contributed by atoms with van der Waals surface area (Å²) in [5.41, 5.74) is 2.36. The number of aromatic hydroxyl groups is 1. The molecule has 1 N–H and O–H groups in total. The Morgan fingerprint density at radius 2 is 1.11 bits per heavy atom. The lowest BCUT2D eigenvalue weighted by Crippen LogP contribution is -1.90. The third kappa shape index (κ3) is 13.3. The number of benzene rings is 1. The molecule has 0 aliphatic heterocycles. The molecule has 0 saturated carbocycles. The second-order valence-corrected chi connectivity index (χ2v) is 8.71. The van der Waals surface area contributed by atoms with Crippen LogP contribution in [0.1, 0.15) is 121 Å². The second kappa shape index (κ2) is 17.6. The first-order chi connectivity index (χ1) is 13.3. The fraction of sp³-hybridized carbons (Fsp3) is 0.760. The smallest absolute Gasteiger partial charge is 0.118 e. The Morgan fingerprint density at radius 3 is 1.56 bits per heavy atom. The van der Waals surface area contributed by atoms with Crippen LogP contribution in [0, 0.1) is 0 Å². The maximum Gasteiger partial charge on any atom is 0.118 e. The predicted molar refractivity (Wildman–Crippen MR) is 124 cm³/mol. The van der Waals surface area contributed by atoms with Gasteiger partial charge in [0.05, 0.1) is 0 Å². The van der Waals surface area contributed by atoms with Crippen molar-refractivity contribution in [2.45, 2.75) is 121 Å². The molecule has 2 heteroatoms. The van der Waals surface area contributed by atoms with E-state index in [2.05, 4.69) is 28.9 Å². The molecule has 0 aromatic heterocycles. The van der Waals surface area contributed by atoms with Crippen LogP contribution >= 0.6 is 15.9 Å². The third-order valence-electron chi connectivity index (χ3n) is 5.60. The fourth-order valence-electron chi connectivity index (χ4n) is 3.79. The average molecular weight is 440 g/mol. The summed E-state index contributed by atoms with van der Waals surface area (Å²) < 4.78 is 0. The largest absolute Gasteiger partial charge is 0.508 e. The van der Waals surface area contributed by atoms with Crippen molar-refractivity contribution in [2.75, 3.05) is 0 Å². The Balaban J connectivity index is 1.84. The minimum absolute atomic E-state index is 0.459. The van der Waals surface area contributed by atoms with Gasteiger partial charge in [-0.3, -0.25) is 0 Å². The van der Waals surface area contributed by atoms with Gasteiger partial charge in [-0.05, 0) is 30.0 Å². The topological polar surface area (TPSA) is 20.2 Å². The molecule has 0 fully saturated rings. The van der Waals surface area contributed by atoms with E-state index in [9.17, 15) is 5.11 Å². The van der Waals surface area contributed by atoms with E-state index in [1.165, 1.54) is 108 Å². The first-order valence-electron chi connectivity index (χ1n) is 11.6. The van der Waals surface area contributed by atoms with Crippen LogP contribution < -0.4 is 0 Å². The standard InChI is InChI=1S/C25H43BrO/c1-2-3-4-5-6-7-8-9-10-11-12-13-14-15-16-17-18-24-21-23(22-26)19-20-25(24)27/h19-21,27H,2-18,22H2,1H3. The summed E-state index contributed by atoms with van der Waals surface area (Å²) in [6.45, 7) is 2.29. The molecule has 0 aliphatic carbocycles. The van der Waals surface area contributed by atoms with Crippen molar-refractivity contribution in [3.05, 3.63) is 29.3 Å². The van der Waals surface area contributed by atoms with Crippen molar-refractivity contribution in [1.82, 2.24) is 0 Å². The summed E-state index contributed by atoms with van der Waals surface area (Å²) in [5, 5.41) is 10.8. The van der Waals surface area contributed by atoms with Crippen molar-refractivity contribution in [3.8, 4) is 5.75 Å². The maximum absolute atomic E-state index is 9.94. The van der Waals surface area contributed by atoms with Gasteiger partial charge in [-0.1, -0.05) is 131 Å². The third-order valence-corrected chi connectivity index (χ3v) is 6.25. The minimum atomic E-state index is 0.459. The van der Waals surface area contributed by atoms with E-state index < -0.39 is 0 Å². The number of phenolic OH excluding ortho intramolecular Hbond substituents is 1. The van der Waals surface area contributed by atoms with Crippen LogP contribution in [0.15, 0.2) is 18.2 Å². The molecule has 0 saturated heterocycles.